The van der Waals surface area contributed by atoms with Crippen LogP contribution in [-0.4, -0.2) is 59.9 Å². The number of pyridine rings is 1. The number of rotatable bonds is 5. The van der Waals surface area contributed by atoms with Crippen LogP contribution >= 0.6 is 0 Å². The molecule has 4 rings (SSSR count). The minimum Gasteiger partial charge on any atom is -0.550 e. The number of fused-ring (bicyclic) bond motifs is 4. The van der Waals surface area contributed by atoms with Gasteiger partial charge in [-0.2, -0.15) is 0 Å². The number of likely N-dealkylation sites (tertiary alicyclic amines) is 2. The highest BCUT2D eigenvalue weighted by Gasteiger charge is 2.38. The number of hydrogen-bond donors (Lipinski definition) is 1. The average molecular weight is 401 g/mol. The third-order valence-corrected chi connectivity index (χ3v) is 6.58. The standard InChI is InChI=1S/C21H27N3O5/c25-17(8-20(27)23-6-2-3-15(12-23)21(28)29)13-22-9-14-7-16(11-22)18-4-1-5-19(26)24(18)10-14/h1,4-5,14-16H,2-3,6-13H2,(H,28,29)/t14-,15-,16+/m0/s1. The van der Waals surface area contributed by atoms with Crippen LogP contribution in [0.5, 0.6) is 0 Å². The molecule has 4 heterocycles. The van der Waals surface area contributed by atoms with Crippen LogP contribution in [0.4, 0.5) is 0 Å². The summed E-state index contributed by atoms with van der Waals surface area (Å²) >= 11 is 0. The van der Waals surface area contributed by atoms with Gasteiger partial charge in [-0.1, -0.05) is 6.07 Å². The lowest BCUT2D eigenvalue weighted by Crippen LogP contribution is -3.15. The van der Waals surface area contributed by atoms with Crippen LogP contribution in [0.3, 0.4) is 0 Å². The lowest BCUT2D eigenvalue weighted by atomic mass is 9.83. The number of nitrogens with one attached hydrogen (secondary N) is 1. The van der Waals surface area contributed by atoms with E-state index in [4.69, 9.17) is 0 Å². The molecule has 2 saturated heterocycles. The number of ketones is 1. The molecule has 8 nitrogen and oxygen atoms in total. The van der Waals surface area contributed by atoms with Crippen molar-refractivity contribution in [3.63, 3.8) is 0 Å². The predicted octanol–water partition coefficient (Wildman–Crippen LogP) is -2.20. The lowest BCUT2D eigenvalue weighted by Gasteiger charge is -2.40. The second kappa shape index (κ2) is 8.10. The summed E-state index contributed by atoms with van der Waals surface area (Å²) in [4.78, 5) is 50.8. The Morgan fingerprint density at radius 1 is 1.17 bits per heavy atom. The second-order valence-corrected chi connectivity index (χ2v) is 8.75. The van der Waals surface area contributed by atoms with Crippen molar-refractivity contribution in [3.05, 3.63) is 34.2 Å². The fourth-order valence-electron chi connectivity index (χ4n) is 5.28. The predicted molar refractivity (Wildman–Crippen MR) is 101 cm³/mol. The Kier molecular flexibility index (Phi) is 5.54. The van der Waals surface area contributed by atoms with Gasteiger partial charge < -0.3 is 24.3 Å². The second-order valence-electron chi connectivity index (χ2n) is 8.75. The molecular formula is C21H27N3O5. The molecule has 0 saturated carbocycles. The number of hydrogen-bond acceptors (Lipinski definition) is 5. The Balaban J connectivity index is 1.33. The van der Waals surface area contributed by atoms with Gasteiger partial charge in [0, 0.05) is 55.1 Å². The fraction of sp³-hybridized carbons (Fsp3) is 0.619. The fourth-order valence-corrected chi connectivity index (χ4v) is 5.28. The van der Waals surface area contributed by atoms with Gasteiger partial charge in [-0.25, -0.2) is 0 Å². The van der Waals surface area contributed by atoms with E-state index < -0.39 is 11.9 Å². The summed E-state index contributed by atoms with van der Waals surface area (Å²) in [5.74, 6) is -1.53. The van der Waals surface area contributed by atoms with Crippen LogP contribution in [0.25, 0.3) is 0 Å². The summed E-state index contributed by atoms with van der Waals surface area (Å²) < 4.78 is 1.87. The van der Waals surface area contributed by atoms with Crippen LogP contribution in [0, 0.1) is 11.8 Å². The molecular weight excluding hydrogens is 374 g/mol. The zero-order valence-corrected chi connectivity index (χ0v) is 16.5. The van der Waals surface area contributed by atoms with Gasteiger partial charge in [0.15, 0.2) is 5.78 Å². The van der Waals surface area contributed by atoms with E-state index in [1.807, 2.05) is 10.6 Å². The van der Waals surface area contributed by atoms with E-state index in [-0.39, 0.29) is 36.1 Å². The Hall–Kier alpha value is -2.48. The molecule has 2 fully saturated rings. The monoisotopic (exact) mass is 401 g/mol. The SMILES string of the molecule is O=C(CC(=O)N1CCC[C@H](C(=O)[O-])C1)C[NH+]1C[C@@H]2C[C@H](C1)c1cccc(=O)n1C2. The molecule has 0 spiro atoms. The van der Waals surface area contributed by atoms with Crippen molar-refractivity contribution in [1.29, 1.82) is 0 Å². The smallest absolute Gasteiger partial charge is 0.250 e. The highest BCUT2D eigenvalue weighted by atomic mass is 16.4. The van der Waals surface area contributed by atoms with E-state index in [0.717, 1.165) is 30.1 Å². The first-order chi connectivity index (χ1) is 13.9. The summed E-state index contributed by atoms with van der Waals surface area (Å²) in [6, 6.07) is 5.39. The minimum absolute atomic E-state index is 0.0405. The van der Waals surface area contributed by atoms with E-state index in [9.17, 15) is 24.3 Å². The van der Waals surface area contributed by atoms with E-state index in [1.54, 1.807) is 12.1 Å². The van der Waals surface area contributed by atoms with E-state index in [0.29, 0.717) is 38.4 Å². The van der Waals surface area contributed by atoms with Gasteiger partial charge >= 0.3 is 0 Å². The van der Waals surface area contributed by atoms with Crippen molar-refractivity contribution in [3.8, 4) is 0 Å². The molecule has 0 radical (unpaired) electrons. The van der Waals surface area contributed by atoms with Gasteiger partial charge in [-0.15, -0.1) is 0 Å². The number of carboxylic acid groups (broad SMARTS) is 1. The molecule has 1 amide bonds. The summed E-state index contributed by atoms with van der Waals surface area (Å²) in [5.41, 5.74) is 1.09. The number of carbonyl (C=O) groups excluding carboxylic acids is 3. The van der Waals surface area contributed by atoms with Gasteiger partial charge in [0.05, 0.1) is 19.5 Å². The summed E-state index contributed by atoms with van der Waals surface area (Å²) in [6.45, 7) is 3.25. The molecule has 3 aliphatic heterocycles. The van der Waals surface area contributed by atoms with Gasteiger partial charge in [0.2, 0.25) is 5.91 Å². The van der Waals surface area contributed by atoms with Crippen molar-refractivity contribution in [2.75, 3.05) is 32.7 Å². The van der Waals surface area contributed by atoms with Crippen LogP contribution in [-0.2, 0) is 20.9 Å². The van der Waals surface area contributed by atoms with Crippen molar-refractivity contribution in [2.24, 2.45) is 11.8 Å². The van der Waals surface area contributed by atoms with Crippen molar-refractivity contribution in [2.45, 2.75) is 38.1 Å². The molecule has 0 aliphatic carbocycles. The third kappa shape index (κ3) is 4.27. The highest BCUT2D eigenvalue weighted by Crippen LogP contribution is 2.30. The number of amides is 1. The topological polar surface area (TPSA) is 104 Å². The first-order valence-corrected chi connectivity index (χ1v) is 10.4. The molecule has 2 bridgehead atoms. The number of carbonyl (C=O) groups is 3. The molecule has 4 atom stereocenters. The van der Waals surface area contributed by atoms with Crippen molar-refractivity contribution in [1.82, 2.24) is 9.47 Å². The number of aliphatic carboxylic acids is 1. The number of aromatic nitrogens is 1. The van der Waals surface area contributed by atoms with Gasteiger partial charge in [0.25, 0.3) is 5.56 Å². The van der Waals surface area contributed by atoms with E-state index in [1.165, 1.54) is 4.90 Å². The first kappa shape index (κ1) is 19.8. The Morgan fingerprint density at radius 2 is 2.00 bits per heavy atom. The quantitative estimate of drug-likeness (QED) is 0.564. The normalized spacial score (nSPS) is 28.5. The largest absolute Gasteiger partial charge is 0.550 e. The van der Waals surface area contributed by atoms with Crippen molar-refractivity contribution < 1.29 is 24.4 Å². The maximum Gasteiger partial charge on any atom is 0.250 e. The number of quaternary nitrogens is 1. The van der Waals surface area contributed by atoms with Crippen molar-refractivity contribution >= 4 is 17.7 Å². The molecule has 0 aromatic carbocycles. The summed E-state index contributed by atoms with van der Waals surface area (Å²) in [6.07, 6.45) is 2.01. The number of carboxylic acids is 1. The van der Waals surface area contributed by atoms with Crippen LogP contribution < -0.4 is 15.6 Å². The van der Waals surface area contributed by atoms with Crippen LogP contribution in [0.1, 0.15) is 37.3 Å². The van der Waals surface area contributed by atoms with Gasteiger partial charge in [-0.3, -0.25) is 14.4 Å². The lowest BCUT2D eigenvalue weighted by molar-refractivity contribution is -0.903. The highest BCUT2D eigenvalue weighted by molar-refractivity contribution is 5.98. The van der Waals surface area contributed by atoms with Gasteiger partial charge in [0.1, 0.15) is 6.54 Å². The number of piperidine rings is 2. The molecule has 8 heteroatoms. The Morgan fingerprint density at radius 3 is 2.79 bits per heavy atom. The molecule has 1 aromatic heterocycles. The molecule has 156 valence electrons. The Bertz CT molecular complexity index is 879. The summed E-state index contributed by atoms with van der Waals surface area (Å²) in [5, 5.41) is 11.1. The molecule has 1 N–H and O–H groups in total. The van der Waals surface area contributed by atoms with Crippen LogP contribution in [0.15, 0.2) is 23.0 Å². The van der Waals surface area contributed by atoms with Gasteiger partial charge in [-0.05, 0) is 25.3 Å². The molecule has 1 unspecified atom stereocenters. The molecule has 29 heavy (non-hydrogen) atoms. The maximum atomic E-state index is 12.5. The number of Topliss-reactive ketones (excluding diaryl/α,β-unsaturated/α-hetero) is 1. The first-order valence-electron chi connectivity index (χ1n) is 10.4. The van der Waals surface area contributed by atoms with Crippen LogP contribution in [0.2, 0.25) is 0 Å². The zero-order chi connectivity index (χ0) is 20.5. The zero-order valence-electron chi connectivity index (χ0n) is 16.5. The molecule has 1 aromatic rings. The average Bonchev–Trinajstić information content (AvgIpc) is 2.68. The molecule has 3 aliphatic rings. The number of nitrogens with zero attached hydrogens (tertiary/aromatic N) is 2. The Labute approximate surface area is 169 Å². The minimum atomic E-state index is -1.13. The summed E-state index contributed by atoms with van der Waals surface area (Å²) in [7, 11) is 0. The van der Waals surface area contributed by atoms with E-state index in [2.05, 4.69) is 0 Å². The maximum absolute atomic E-state index is 12.5. The van der Waals surface area contributed by atoms with E-state index >= 15 is 0 Å². The third-order valence-electron chi connectivity index (χ3n) is 6.58.